The minimum Gasteiger partial charge on any atom is -0.622 e. The van der Waals surface area contributed by atoms with E-state index in [1.54, 1.807) is 24.5 Å². The Kier molecular flexibility index (Phi) is 6.15. The summed E-state index contributed by atoms with van der Waals surface area (Å²) in [5, 5.41) is 13.9. The number of pyridine rings is 1. The lowest BCUT2D eigenvalue weighted by Crippen LogP contribution is -2.50. The van der Waals surface area contributed by atoms with E-state index in [1.807, 2.05) is 11.0 Å². The molecule has 2 unspecified atom stereocenters. The molecular formula is C17H19BrN4O3S. The Morgan fingerprint density at radius 1 is 1.58 bits per heavy atom. The van der Waals surface area contributed by atoms with Gasteiger partial charge in [0.15, 0.2) is 0 Å². The molecule has 2 aromatic rings. The maximum absolute atomic E-state index is 13.6. The van der Waals surface area contributed by atoms with E-state index in [2.05, 4.69) is 32.5 Å². The minimum absolute atomic E-state index is 0.197. The van der Waals surface area contributed by atoms with E-state index < -0.39 is 16.8 Å². The van der Waals surface area contributed by atoms with Crippen LogP contribution in [0.5, 0.6) is 0 Å². The summed E-state index contributed by atoms with van der Waals surface area (Å²) >= 11 is 4.60. The van der Waals surface area contributed by atoms with Crippen molar-refractivity contribution in [2.75, 3.05) is 19.8 Å². The van der Waals surface area contributed by atoms with Crippen molar-refractivity contribution < 1.29 is 9.53 Å². The van der Waals surface area contributed by atoms with E-state index in [9.17, 15) is 10.0 Å². The van der Waals surface area contributed by atoms with Crippen LogP contribution in [0.4, 0.5) is 5.13 Å². The Hall–Kier alpha value is -1.65. The lowest BCUT2D eigenvalue weighted by atomic mass is 10.3. The quantitative estimate of drug-likeness (QED) is 0.216. The second-order valence-corrected chi connectivity index (χ2v) is 8.38. The smallest absolute Gasteiger partial charge is 0.344 e. The Balaban J connectivity index is 1.79. The van der Waals surface area contributed by atoms with E-state index in [4.69, 9.17) is 4.74 Å². The monoisotopic (exact) mass is 438 g/mol. The van der Waals surface area contributed by atoms with Crippen molar-refractivity contribution in [3.63, 3.8) is 0 Å². The summed E-state index contributed by atoms with van der Waals surface area (Å²) in [4.78, 5) is 22.6. The van der Waals surface area contributed by atoms with Crippen LogP contribution in [0.15, 0.2) is 47.2 Å². The average Bonchev–Trinajstić information content (AvgIpc) is 3.21. The van der Waals surface area contributed by atoms with Gasteiger partial charge < -0.3 is 9.94 Å². The zero-order valence-electron chi connectivity index (χ0n) is 14.1. The van der Waals surface area contributed by atoms with E-state index in [1.165, 1.54) is 17.5 Å². The molecule has 1 fully saturated rings. The standard InChI is InChI=1S/C17H19BrN4O3S/c1-2-3-4-8-21-11-15(25-16(23)13-6-5-7-19-9-13)22(24,12-21)17-20-10-14(18)26-17/h2,5-7,9-10,15H,1,3-4,8,11-12H2. The molecule has 0 saturated carbocycles. The number of hydrogen-bond acceptors (Lipinski definition) is 7. The number of aromatic nitrogens is 2. The second-order valence-electron chi connectivity index (χ2n) is 5.99. The topological polar surface area (TPSA) is 78.4 Å². The molecule has 0 amide bonds. The number of nitrogens with zero attached hydrogens (tertiary/aromatic N) is 4. The van der Waals surface area contributed by atoms with Gasteiger partial charge in [0.2, 0.25) is 0 Å². The first kappa shape index (κ1) is 19.1. The highest BCUT2D eigenvalue weighted by Gasteiger charge is 2.46. The van der Waals surface area contributed by atoms with Crippen LogP contribution in [0.25, 0.3) is 0 Å². The Labute approximate surface area is 164 Å². The third-order valence-corrected chi connectivity index (χ3v) is 5.69. The zero-order valence-corrected chi connectivity index (χ0v) is 16.5. The third-order valence-electron chi connectivity index (χ3n) is 4.10. The van der Waals surface area contributed by atoms with Crippen molar-refractivity contribution >= 4 is 38.4 Å². The molecule has 0 aromatic carbocycles. The molecule has 0 bridgehead atoms. The van der Waals surface area contributed by atoms with Crippen molar-refractivity contribution in [1.29, 1.82) is 0 Å². The maximum atomic E-state index is 13.6. The molecule has 0 aliphatic carbocycles. The highest BCUT2D eigenvalue weighted by Crippen LogP contribution is 2.37. The number of halogens is 1. The van der Waals surface area contributed by atoms with E-state index >= 15 is 0 Å². The van der Waals surface area contributed by atoms with Crippen LogP contribution in [-0.2, 0) is 4.74 Å². The lowest BCUT2D eigenvalue weighted by Gasteiger charge is -2.38. The second kappa shape index (κ2) is 8.36. The fourth-order valence-corrected chi connectivity index (χ4v) is 4.07. The number of hydroxylamine groups is 2. The van der Waals surface area contributed by atoms with E-state index in [0.717, 1.165) is 23.2 Å². The van der Waals surface area contributed by atoms with Gasteiger partial charge in [-0.2, -0.15) is 4.98 Å². The molecule has 0 spiro atoms. The number of esters is 1. The van der Waals surface area contributed by atoms with Gasteiger partial charge in [-0.3, -0.25) is 9.63 Å². The predicted molar refractivity (Wildman–Crippen MR) is 104 cm³/mol. The Morgan fingerprint density at radius 2 is 2.42 bits per heavy atom. The van der Waals surface area contributed by atoms with Crippen molar-refractivity contribution in [3.8, 4) is 0 Å². The molecule has 3 rings (SSSR count). The van der Waals surface area contributed by atoms with Crippen LogP contribution in [0, 0.1) is 5.21 Å². The van der Waals surface area contributed by atoms with Gasteiger partial charge in [-0.05, 0) is 52.2 Å². The molecule has 26 heavy (non-hydrogen) atoms. The van der Waals surface area contributed by atoms with E-state index in [-0.39, 0.29) is 6.67 Å². The zero-order chi connectivity index (χ0) is 18.6. The normalized spacial score (nSPS) is 23.1. The lowest BCUT2D eigenvalue weighted by molar-refractivity contribution is 0.00557. The maximum Gasteiger partial charge on any atom is 0.344 e. The summed E-state index contributed by atoms with van der Waals surface area (Å²) in [5.74, 6) is -0.551. The highest BCUT2D eigenvalue weighted by molar-refractivity contribution is 9.11. The first-order chi connectivity index (χ1) is 12.5. The SMILES string of the molecule is C=CCCCN1CC(OC(=O)c2cccnc2)[N+]([O-])(c2ncc(Br)s2)C1. The van der Waals surface area contributed by atoms with Crippen LogP contribution in [-0.4, -0.2) is 46.8 Å². The fourth-order valence-electron chi connectivity index (χ4n) is 2.82. The van der Waals surface area contributed by atoms with E-state index in [0.29, 0.717) is 17.2 Å². The van der Waals surface area contributed by atoms with Crippen LogP contribution in [0.2, 0.25) is 0 Å². The molecule has 7 nitrogen and oxygen atoms in total. The van der Waals surface area contributed by atoms with Crippen molar-refractivity contribution in [2.45, 2.75) is 19.1 Å². The summed E-state index contributed by atoms with van der Waals surface area (Å²) in [7, 11) is 0. The van der Waals surface area contributed by atoms with Gasteiger partial charge in [-0.15, -0.1) is 6.58 Å². The first-order valence-electron chi connectivity index (χ1n) is 8.18. The summed E-state index contributed by atoms with van der Waals surface area (Å²) in [6, 6.07) is 3.27. The van der Waals surface area contributed by atoms with Gasteiger partial charge in [0.1, 0.15) is 6.67 Å². The van der Waals surface area contributed by atoms with Gasteiger partial charge in [0.25, 0.3) is 11.4 Å². The molecule has 9 heteroatoms. The number of carbonyl (C=O) groups excluding carboxylic acids is 1. The van der Waals surface area contributed by atoms with Gasteiger partial charge in [-0.25, -0.2) is 9.69 Å². The predicted octanol–water partition coefficient (Wildman–Crippen LogP) is 3.53. The molecule has 2 aromatic heterocycles. The minimum atomic E-state index is -0.871. The highest BCUT2D eigenvalue weighted by atomic mass is 79.9. The van der Waals surface area contributed by atoms with Crippen LogP contribution >= 0.6 is 27.3 Å². The molecule has 3 heterocycles. The number of quaternary nitrogens is 1. The van der Waals surface area contributed by atoms with Crippen LogP contribution in [0.1, 0.15) is 23.2 Å². The van der Waals surface area contributed by atoms with Gasteiger partial charge in [0, 0.05) is 18.9 Å². The molecular weight excluding hydrogens is 420 g/mol. The van der Waals surface area contributed by atoms with Crippen LogP contribution < -0.4 is 4.65 Å². The van der Waals surface area contributed by atoms with Gasteiger partial charge in [-0.1, -0.05) is 6.08 Å². The first-order valence-corrected chi connectivity index (χ1v) is 9.79. The number of hydrogen-bond donors (Lipinski definition) is 0. The summed E-state index contributed by atoms with van der Waals surface area (Å²) < 4.78 is 5.56. The Morgan fingerprint density at radius 3 is 3.08 bits per heavy atom. The Bertz CT molecular complexity index is 772. The summed E-state index contributed by atoms with van der Waals surface area (Å²) in [5.41, 5.74) is 0.324. The van der Waals surface area contributed by atoms with Gasteiger partial charge in [0.05, 0.1) is 22.1 Å². The molecule has 1 aliphatic rings. The molecule has 0 N–H and O–H groups in total. The molecule has 0 radical (unpaired) electrons. The fraction of sp³-hybridized carbons (Fsp3) is 0.353. The van der Waals surface area contributed by atoms with Crippen LogP contribution in [0.3, 0.4) is 0 Å². The van der Waals surface area contributed by atoms with Crippen molar-refractivity contribution in [3.05, 3.63) is 57.9 Å². The number of allylic oxidation sites excluding steroid dienone is 1. The average molecular weight is 439 g/mol. The number of unbranched alkanes of at least 4 members (excludes halogenated alkanes) is 1. The third kappa shape index (κ3) is 4.18. The molecule has 138 valence electrons. The summed E-state index contributed by atoms with van der Waals surface area (Å²) in [6.07, 6.45) is 7.36. The number of thiazole rings is 1. The molecule has 2 atom stereocenters. The largest absolute Gasteiger partial charge is 0.622 e. The van der Waals surface area contributed by atoms with Crippen molar-refractivity contribution in [2.24, 2.45) is 0 Å². The number of carbonyl (C=O) groups is 1. The summed E-state index contributed by atoms with van der Waals surface area (Å²) in [6.45, 7) is 5.02. The molecule has 1 aliphatic heterocycles. The molecule has 1 saturated heterocycles. The number of rotatable bonds is 7. The van der Waals surface area contributed by atoms with Crippen molar-refractivity contribution in [1.82, 2.24) is 19.5 Å². The van der Waals surface area contributed by atoms with Gasteiger partial charge >= 0.3 is 5.97 Å². The number of ether oxygens (including phenoxy) is 1.